The Bertz CT molecular complexity index is 494. The van der Waals surface area contributed by atoms with Gasteiger partial charge in [0, 0.05) is 12.6 Å². The summed E-state index contributed by atoms with van der Waals surface area (Å²) in [5, 5.41) is 3.34. The van der Waals surface area contributed by atoms with Gasteiger partial charge in [0.05, 0.1) is 18.5 Å². The van der Waals surface area contributed by atoms with E-state index in [1.54, 1.807) is 6.20 Å². The van der Waals surface area contributed by atoms with Crippen LogP contribution in [0.5, 0.6) is 5.88 Å². The largest absolute Gasteiger partial charge is 0.478 e. The third-order valence-electron chi connectivity index (χ3n) is 2.61. The number of pyridine rings is 1. The van der Waals surface area contributed by atoms with E-state index in [1.165, 1.54) is 11.1 Å². The molecule has 1 N–H and O–H groups in total. The smallest absolute Gasteiger partial charge is 0.213 e. The van der Waals surface area contributed by atoms with Crippen LogP contribution < -0.4 is 10.1 Å². The highest BCUT2D eigenvalue weighted by Gasteiger charge is 1.97. The highest BCUT2D eigenvalue weighted by molar-refractivity contribution is 5.42. The van der Waals surface area contributed by atoms with Crippen molar-refractivity contribution in [1.29, 1.82) is 0 Å². The van der Waals surface area contributed by atoms with Gasteiger partial charge in [0.15, 0.2) is 0 Å². The molecule has 3 nitrogen and oxygen atoms in total. The van der Waals surface area contributed by atoms with Gasteiger partial charge in [0.25, 0.3) is 0 Å². The number of aryl methyl sites for hydroxylation is 1. The first-order chi connectivity index (χ1) is 8.78. The Morgan fingerprint density at radius 3 is 2.78 bits per heavy atom. The molecule has 1 heterocycles. The van der Waals surface area contributed by atoms with Crippen LogP contribution in [-0.4, -0.2) is 11.6 Å². The first-order valence-electron chi connectivity index (χ1n) is 6.16. The molecule has 0 amide bonds. The molecule has 0 bridgehead atoms. The van der Waals surface area contributed by atoms with E-state index >= 15 is 0 Å². The number of nitrogens with one attached hydrogen (secondary N) is 1. The SMILES string of the molecule is CCOc1ccc(NCc2cccc(C)c2)cn1. The van der Waals surface area contributed by atoms with Gasteiger partial charge in [0.1, 0.15) is 0 Å². The van der Waals surface area contributed by atoms with Crippen molar-refractivity contribution in [3.05, 3.63) is 53.7 Å². The maximum atomic E-state index is 5.30. The molecule has 0 aliphatic rings. The number of nitrogens with zero attached hydrogens (tertiary/aromatic N) is 1. The summed E-state index contributed by atoms with van der Waals surface area (Å²) in [7, 11) is 0. The normalized spacial score (nSPS) is 10.1. The second-order valence-electron chi connectivity index (χ2n) is 4.16. The first kappa shape index (κ1) is 12.4. The minimum absolute atomic E-state index is 0.642. The molecule has 0 saturated carbocycles. The van der Waals surface area contributed by atoms with Crippen molar-refractivity contribution in [2.75, 3.05) is 11.9 Å². The van der Waals surface area contributed by atoms with E-state index in [0.29, 0.717) is 12.5 Å². The molecule has 2 rings (SSSR count). The van der Waals surface area contributed by atoms with Crippen molar-refractivity contribution >= 4 is 5.69 Å². The number of hydrogen-bond acceptors (Lipinski definition) is 3. The standard InChI is InChI=1S/C15H18N2O/c1-3-18-15-8-7-14(11-17-15)16-10-13-6-4-5-12(2)9-13/h4-9,11,16H,3,10H2,1-2H3. The average molecular weight is 242 g/mol. The van der Waals surface area contributed by atoms with E-state index in [0.717, 1.165) is 12.2 Å². The number of rotatable bonds is 5. The molecule has 0 radical (unpaired) electrons. The zero-order valence-electron chi connectivity index (χ0n) is 10.8. The van der Waals surface area contributed by atoms with Crippen molar-refractivity contribution in [2.45, 2.75) is 20.4 Å². The highest BCUT2D eigenvalue weighted by Crippen LogP contribution is 2.13. The number of anilines is 1. The molecule has 0 saturated heterocycles. The van der Waals surface area contributed by atoms with Crippen LogP contribution in [0.25, 0.3) is 0 Å². The van der Waals surface area contributed by atoms with Gasteiger partial charge in [-0.15, -0.1) is 0 Å². The Morgan fingerprint density at radius 2 is 2.11 bits per heavy atom. The average Bonchev–Trinajstić information content (AvgIpc) is 2.38. The fourth-order valence-corrected chi connectivity index (χ4v) is 1.74. The molecular formula is C15H18N2O. The van der Waals surface area contributed by atoms with Crippen molar-refractivity contribution < 1.29 is 4.74 Å². The van der Waals surface area contributed by atoms with Gasteiger partial charge in [-0.1, -0.05) is 29.8 Å². The Kier molecular flexibility index (Phi) is 4.18. The fourth-order valence-electron chi connectivity index (χ4n) is 1.74. The van der Waals surface area contributed by atoms with Crippen LogP contribution in [0.4, 0.5) is 5.69 Å². The molecule has 0 aliphatic heterocycles. The summed E-state index contributed by atoms with van der Waals surface area (Å²) in [4.78, 5) is 4.21. The van der Waals surface area contributed by atoms with E-state index in [-0.39, 0.29) is 0 Å². The van der Waals surface area contributed by atoms with Crippen molar-refractivity contribution in [3.8, 4) is 5.88 Å². The predicted molar refractivity (Wildman–Crippen MR) is 73.9 cm³/mol. The third kappa shape index (κ3) is 3.48. The zero-order valence-corrected chi connectivity index (χ0v) is 10.8. The lowest BCUT2D eigenvalue weighted by Crippen LogP contribution is -2.00. The monoisotopic (exact) mass is 242 g/mol. The highest BCUT2D eigenvalue weighted by atomic mass is 16.5. The number of aromatic nitrogens is 1. The first-order valence-corrected chi connectivity index (χ1v) is 6.16. The minimum Gasteiger partial charge on any atom is -0.478 e. The van der Waals surface area contributed by atoms with Crippen molar-refractivity contribution in [2.24, 2.45) is 0 Å². The molecule has 2 aromatic rings. The summed E-state index contributed by atoms with van der Waals surface area (Å²) in [6.45, 7) is 5.49. The molecule has 0 unspecified atom stereocenters. The minimum atomic E-state index is 0.642. The van der Waals surface area contributed by atoms with Crippen LogP contribution in [0, 0.1) is 6.92 Å². The van der Waals surface area contributed by atoms with E-state index < -0.39 is 0 Å². The molecule has 1 aromatic carbocycles. The van der Waals surface area contributed by atoms with Crippen molar-refractivity contribution in [3.63, 3.8) is 0 Å². The molecule has 0 spiro atoms. The van der Waals surface area contributed by atoms with E-state index in [9.17, 15) is 0 Å². The molecule has 0 fully saturated rings. The molecule has 0 aliphatic carbocycles. The second-order valence-corrected chi connectivity index (χ2v) is 4.16. The summed E-state index contributed by atoms with van der Waals surface area (Å²) < 4.78 is 5.30. The summed E-state index contributed by atoms with van der Waals surface area (Å²) >= 11 is 0. The molecule has 0 atom stereocenters. The van der Waals surface area contributed by atoms with Gasteiger partial charge in [-0.3, -0.25) is 0 Å². The van der Waals surface area contributed by atoms with E-state index in [2.05, 4.69) is 41.5 Å². The quantitative estimate of drug-likeness (QED) is 0.872. The molecular weight excluding hydrogens is 224 g/mol. The summed E-state index contributed by atoms with van der Waals surface area (Å²) in [6.07, 6.45) is 1.79. The molecule has 1 aromatic heterocycles. The Labute approximate surface area is 108 Å². The van der Waals surface area contributed by atoms with Crippen LogP contribution in [-0.2, 0) is 6.54 Å². The third-order valence-corrected chi connectivity index (χ3v) is 2.61. The van der Waals surface area contributed by atoms with Crippen LogP contribution in [0.3, 0.4) is 0 Å². The molecule has 18 heavy (non-hydrogen) atoms. The number of benzene rings is 1. The fraction of sp³-hybridized carbons (Fsp3) is 0.267. The Balaban J connectivity index is 1.93. The maximum Gasteiger partial charge on any atom is 0.213 e. The van der Waals surface area contributed by atoms with E-state index in [4.69, 9.17) is 4.74 Å². The van der Waals surface area contributed by atoms with Crippen LogP contribution in [0.15, 0.2) is 42.6 Å². The molecule has 94 valence electrons. The summed E-state index contributed by atoms with van der Waals surface area (Å²) in [6, 6.07) is 12.3. The maximum absolute atomic E-state index is 5.30. The summed E-state index contributed by atoms with van der Waals surface area (Å²) in [5.74, 6) is 0.665. The lowest BCUT2D eigenvalue weighted by Gasteiger charge is -2.08. The lowest BCUT2D eigenvalue weighted by atomic mass is 10.1. The van der Waals surface area contributed by atoms with Gasteiger partial charge in [-0.25, -0.2) is 4.98 Å². The topological polar surface area (TPSA) is 34.1 Å². The zero-order chi connectivity index (χ0) is 12.8. The second kappa shape index (κ2) is 6.05. The van der Waals surface area contributed by atoms with Gasteiger partial charge in [-0.05, 0) is 25.5 Å². The van der Waals surface area contributed by atoms with Crippen LogP contribution in [0.2, 0.25) is 0 Å². The van der Waals surface area contributed by atoms with Crippen molar-refractivity contribution in [1.82, 2.24) is 4.98 Å². The van der Waals surface area contributed by atoms with Gasteiger partial charge in [0.2, 0.25) is 5.88 Å². The predicted octanol–water partition coefficient (Wildman–Crippen LogP) is 3.40. The Hall–Kier alpha value is -2.03. The van der Waals surface area contributed by atoms with Crippen LogP contribution >= 0.6 is 0 Å². The van der Waals surface area contributed by atoms with Gasteiger partial charge < -0.3 is 10.1 Å². The number of hydrogen-bond donors (Lipinski definition) is 1. The Morgan fingerprint density at radius 1 is 1.22 bits per heavy atom. The lowest BCUT2D eigenvalue weighted by molar-refractivity contribution is 0.327. The van der Waals surface area contributed by atoms with Gasteiger partial charge in [-0.2, -0.15) is 0 Å². The molecule has 3 heteroatoms. The number of ether oxygens (including phenoxy) is 1. The van der Waals surface area contributed by atoms with E-state index in [1.807, 2.05) is 19.1 Å². The van der Waals surface area contributed by atoms with Crippen LogP contribution in [0.1, 0.15) is 18.1 Å². The van der Waals surface area contributed by atoms with Gasteiger partial charge >= 0.3 is 0 Å². The summed E-state index contributed by atoms with van der Waals surface area (Å²) in [5.41, 5.74) is 3.54.